The second-order valence-electron chi connectivity index (χ2n) is 5.04. The minimum absolute atomic E-state index is 0.258. The predicted molar refractivity (Wildman–Crippen MR) is 84.0 cm³/mol. The van der Waals surface area contributed by atoms with Crippen LogP contribution >= 0.6 is 0 Å². The molecule has 0 aliphatic carbocycles. The number of rotatable bonds is 1. The molecule has 4 aromatic rings. The second kappa shape index (κ2) is 4.56. The zero-order chi connectivity index (χ0) is 15.3. The van der Waals surface area contributed by atoms with E-state index in [4.69, 9.17) is 9.15 Å². The minimum Gasteiger partial charge on any atom is -0.493 e. The van der Waals surface area contributed by atoms with Crippen LogP contribution in [0.5, 0.6) is 5.75 Å². The molecule has 4 heteroatoms. The zero-order valence-corrected chi connectivity index (χ0v) is 11.7. The number of ether oxygens (including phenoxy) is 1. The summed E-state index contributed by atoms with van der Waals surface area (Å²) in [5.41, 5.74) is 0.462. The van der Waals surface area contributed by atoms with Crippen LogP contribution in [0.4, 0.5) is 4.39 Å². The highest BCUT2D eigenvalue weighted by Gasteiger charge is 2.15. The van der Waals surface area contributed by atoms with Crippen molar-refractivity contribution in [1.29, 1.82) is 0 Å². The molecule has 0 saturated carbocycles. The van der Waals surface area contributed by atoms with Crippen molar-refractivity contribution in [1.82, 2.24) is 0 Å². The van der Waals surface area contributed by atoms with E-state index in [2.05, 4.69) is 0 Å². The van der Waals surface area contributed by atoms with Gasteiger partial charge in [0, 0.05) is 5.39 Å². The van der Waals surface area contributed by atoms with E-state index in [1.54, 1.807) is 42.5 Å². The summed E-state index contributed by atoms with van der Waals surface area (Å²) < 4.78 is 25.3. The highest BCUT2D eigenvalue weighted by atomic mass is 19.1. The standard InChI is InChI=1S/C18H11FO3/c1-21-14-7-3-5-11-17(20)16-13(22-18(11)14)9-8-10-4-2-6-12(19)15(10)16/h2-9H,1H3. The van der Waals surface area contributed by atoms with Gasteiger partial charge in [-0.1, -0.05) is 24.3 Å². The van der Waals surface area contributed by atoms with Crippen LogP contribution in [0.1, 0.15) is 0 Å². The van der Waals surface area contributed by atoms with Crippen LogP contribution in [0.3, 0.4) is 0 Å². The van der Waals surface area contributed by atoms with Crippen LogP contribution in [-0.4, -0.2) is 7.11 Å². The Morgan fingerprint density at radius 1 is 1.00 bits per heavy atom. The Morgan fingerprint density at radius 3 is 2.64 bits per heavy atom. The number of halogens is 1. The molecule has 0 fully saturated rings. The van der Waals surface area contributed by atoms with Crippen LogP contribution in [0.15, 0.2) is 57.7 Å². The summed E-state index contributed by atoms with van der Waals surface area (Å²) in [6.45, 7) is 0. The molecule has 0 bridgehead atoms. The van der Waals surface area contributed by atoms with Gasteiger partial charge in [0.1, 0.15) is 11.4 Å². The lowest BCUT2D eigenvalue weighted by atomic mass is 10.0. The molecule has 108 valence electrons. The van der Waals surface area contributed by atoms with E-state index in [1.807, 2.05) is 0 Å². The van der Waals surface area contributed by atoms with E-state index in [1.165, 1.54) is 13.2 Å². The summed E-state index contributed by atoms with van der Waals surface area (Å²) in [5.74, 6) is 0.0442. The molecule has 0 saturated heterocycles. The average Bonchev–Trinajstić information content (AvgIpc) is 2.54. The van der Waals surface area contributed by atoms with Crippen LogP contribution in [0, 0.1) is 5.82 Å². The number of fused-ring (bicyclic) bond motifs is 4. The first kappa shape index (κ1) is 12.8. The Kier molecular flexibility index (Phi) is 2.66. The van der Waals surface area contributed by atoms with E-state index in [0.717, 1.165) is 0 Å². The van der Waals surface area contributed by atoms with Crippen LogP contribution in [-0.2, 0) is 0 Å². The third kappa shape index (κ3) is 1.64. The summed E-state index contributed by atoms with van der Waals surface area (Å²) in [6, 6.07) is 13.3. The third-order valence-corrected chi connectivity index (χ3v) is 3.84. The van der Waals surface area contributed by atoms with Crippen molar-refractivity contribution in [2.75, 3.05) is 7.11 Å². The maximum absolute atomic E-state index is 14.2. The number of methoxy groups -OCH3 is 1. The Balaban J connectivity index is 2.33. The molecule has 4 rings (SSSR count). The van der Waals surface area contributed by atoms with Crippen molar-refractivity contribution < 1.29 is 13.5 Å². The highest BCUT2D eigenvalue weighted by molar-refractivity contribution is 6.08. The largest absolute Gasteiger partial charge is 0.493 e. The van der Waals surface area contributed by atoms with Crippen LogP contribution in [0.25, 0.3) is 32.7 Å². The fraction of sp³-hybridized carbons (Fsp3) is 0.0556. The quantitative estimate of drug-likeness (QED) is 0.389. The van der Waals surface area contributed by atoms with E-state index in [-0.39, 0.29) is 10.8 Å². The first-order valence-corrected chi connectivity index (χ1v) is 6.81. The summed E-state index contributed by atoms with van der Waals surface area (Å²) in [4.78, 5) is 12.8. The van der Waals surface area contributed by atoms with Gasteiger partial charge < -0.3 is 9.15 Å². The van der Waals surface area contributed by atoms with Gasteiger partial charge in [0.25, 0.3) is 0 Å². The smallest absolute Gasteiger partial charge is 0.201 e. The summed E-state index contributed by atoms with van der Waals surface area (Å²) in [5, 5.41) is 1.60. The molecular weight excluding hydrogens is 283 g/mol. The normalized spacial score (nSPS) is 11.4. The van der Waals surface area contributed by atoms with Gasteiger partial charge in [0.05, 0.1) is 17.9 Å². The lowest BCUT2D eigenvalue weighted by Gasteiger charge is -2.08. The first-order valence-electron chi connectivity index (χ1n) is 6.81. The fourth-order valence-electron chi connectivity index (χ4n) is 2.83. The maximum atomic E-state index is 14.2. The summed E-state index contributed by atoms with van der Waals surface area (Å²) in [7, 11) is 1.51. The molecule has 3 nitrogen and oxygen atoms in total. The van der Waals surface area contributed by atoms with Crippen LogP contribution < -0.4 is 10.2 Å². The Labute approximate surface area is 124 Å². The molecule has 1 aromatic heterocycles. The van der Waals surface area contributed by atoms with Crippen LogP contribution in [0.2, 0.25) is 0 Å². The lowest BCUT2D eigenvalue weighted by Crippen LogP contribution is -2.04. The fourth-order valence-corrected chi connectivity index (χ4v) is 2.83. The molecule has 0 N–H and O–H groups in total. The van der Waals surface area contributed by atoms with E-state index < -0.39 is 5.82 Å². The van der Waals surface area contributed by atoms with Crippen molar-refractivity contribution in [2.45, 2.75) is 0 Å². The molecule has 1 heterocycles. The second-order valence-corrected chi connectivity index (χ2v) is 5.04. The Morgan fingerprint density at radius 2 is 1.82 bits per heavy atom. The predicted octanol–water partition coefficient (Wildman–Crippen LogP) is 4.25. The van der Waals surface area contributed by atoms with Crippen molar-refractivity contribution in [3.8, 4) is 5.75 Å². The monoisotopic (exact) mass is 294 g/mol. The van der Waals surface area contributed by atoms with Gasteiger partial charge in [-0.15, -0.1) is 0 Å². The van der Waals surface area contributed by atoms with Gasteiger partial charge in [-0.25, -0.2) is 4.39 Å². The topological polar surface area (TPSA) is 39.4 Å². The minimum atomic E-state index is -0.433. The number of hydrogen-bond acceptors (Lipinski definition) is 3. The molecule has 0 radical (unpaired) electrons. The number of para-hydroxylation sites is 1. The SMILES string of the molecule is COc1cccc2c(=O)c3c(ccc4cccc(F)c43)oc12. The highest BCUT2D eigenvalue weighted by Crippen LogP contribution is 2.31. The Hall–Kier alpha value is -2.88. The molecular formula is C18H11FO3. The molecule has 0 aliphatic heterocycles. The van der Waals surface area contributed by atoms with E-state index >= 15 is 0 Å². The number of hydrogen-bond donors (Lipinski definition) is 0. The van der Waals surface area contributed by atoms with Crippen molar-refractivity contribution >= 4 is 32.7 Å². The molecule has 3 aromatic carbocycles. The third-order valence-electron chi connectivity index (χ3n) is 3.84. The number of benzene rings is 3. The van der Waals surface area contributed by atoms with E-state index in [9.17, 15) is 9.18 Å². The summed E-state index contributed by atoms with van der Waals surface area (Å²) in [6.07, 6.45) is 0. The molecule has 0 amide bonds. The van der Waals surface area contributed by atoms with E-state index in [0.29, 0.717) is 33.1 Å². The maximum Gasteiger partial charge on any atom is 0.201 e. The molecule has 0 spiro atoms. The van der Waals surface area contributed by atoms with Crippen molar-refractivity contribution in [3.63, 3.8) is 0 Å². The first-order chi connectivity index (χ1) is 10.7. The molecule has 0 atom stereocenters. The van der Waals surface area contributed by atoms with Crippen molar-refractivity contribution in [3.05, 3.63) is 64.6 Å². The van der Waals surface area contributed by atoms with Gasteiger partial charge in [-0.2, -0.15) is 0 Å². The lowest BCUT2D eigenvalue weighted by molar-refractivity contribution is 0.411. The average molecular weight is 294 g/mol. The van der Waals surface area contributed by atoms with Gasteiger partial charge >= 0.3 is 0 Å². The van der Waals surface area contributed by atoms with Gasteiger partial charge in [0.15, 0.2) is 11.3 Å². The van der Waals surface area contributed by atoms with Gasteiger partial charge in [-0.05, 0) is 29.7 Å². The van der Waals surface area contributed by atoms with Gasteiger partial charge in [0.2, 0.25) is 5.43 Å². The zero-order valence-electron chi connectivity index (χ0n) is 11.7. The Bertz CT molecular complexity index is 1100. The molecule has 22 heavy (non-hydrogen) atoms. The molecule has 0 aliphatic rings. The van der Waals surface area contributed by atoms with Crippen molar-refractivity contribution in [2.24, 2.45) is 0 Å². The van der Waals surface area contributed by atoms with Gasteiger partial charge in [-0.3, -0.25) is 4.79 Å². The molecule has 0 unspecified atom stereocenters. The summed E-state index contributed by atoms with van der Waals surface area (Å²) >= 11 is 0.